The second-order valence-electron chi connectivity index (χ2n) is 6.15. The van der Waals surface area contributed by atoms with Crippen molar-refractivity contribution in [3.63, 3.8) is 0 Å². The van der Waals surface area contributed by atoms with Crippen LogP contribution >= 0.6 is 11.8 Å². The van der Waals surface area contributed by atoms with Crippen LogP contribution in [0.5, 0.6) is 0 Å². The van der Waals surface area contributed by atoms with Gasteiger partial charge in [0.15, 0.2) is 10.8 Å². The van der Waals surface area contributed by atoms with Crippen LogP contribution in [0.1, 0.15) is 20.8 Å². The van der Waals surface area contributed by atoms with Crippen LogP contribution in [0.2, 0.25) is 0 Å². The van der Waals surface area contributed by atoms with Crippen molar-refractivity contribution in [2.45, 2.75) is 10.1 Å². The van der Waals surface area contributed by atoms with Crippen LogP contribution < -0.4 is 0 Å². The number of benzene rings is 1. The van der Waals surface area contributed by atoms with Gasteiger partial charge in [0, 0.05) is 29.5 Å². The fraction of sp³-hybridized carbons (Fsp3) is 0.0500. The van der Waals surface area contributed by atoms with E-state index in [-0.39, 0.29) is 21.8 Å². The Hall–Kier alpha value is -3.37. The van der Waals surface area contributed by atoms with Gasteiger partial charge in [-0.05, 0) is 36.6 Å². The molecule has 0 N–H and O–H groups in total. The minimum Gasteiger partial charge on any atom is -0.285 e. The molecule has 0 radical (unpaired) electrons. The van der Waals surface area contributed by atoms with E-state index in [1.54, 1.807) is 24.5 Å². The van der Waals surface area contributed by atoms with Crippen molar-refractivity contribution in [3.05, 3.63) is 78.4 Å². The summed E-state index contributed by atoms with van der Waals surface area (Å²) in [6, 6.07) is 12.3. The van der Waals surface area contributed by atoms with E-state index in [9.17, 15) is 18.0 Å². The second kappa shape index (κ2) is 7.81. The van der Waals surface area contributed by atoms with Gasteiger partial charge in [-0.25, -0.2) is 27.3 Å². The molecule has 30 heavy (non-hydrogen) atoms. The van der Waals surface area contributed by atoms with Gasteiger partial charge in [0.25, 0.3) is 15.8 Å². The molecule has 0 aliphatic heterocycles. The van der Waals surface area contributed by atoms with Crippen LogP contribution in [-0.2, 0) is 10.0 Å². The first-order valence-corrected chi connectivity index (χ1v) is 11.3. The Kier molecular flexibility index (Phi) is 5.18. The predicted molar refractivity (Wildman–Crippen MR) is 111 cm³/mol. The third-order valence-electron chi connectivity index (χ3n) is 4.31. The molecule has 1 aromatic carbocycles. The van der Waals surface area contributed by atoms with Crippen LogP contribution in [0, 0.1) is 0 Å². The maximum atomic E-state index is 12.9. The third kappa shape index (κ3) is 3.51. The summed E-state index contributed by atoms with van der Waals surface area (Å²) in [6.45, 7) is 0. The molecule has 3 aromatic heterocycles. The molecule has 0 bridgehead atoms. The minimum absolute atomic E-state index is 0.0105. The molecule has 0 amide bonds. The normalized spacial score (nSPS) is 11.5. The molecular formula is C20H14N4O4S2. The number of nitrogens with zero attached hydrogens (tertiary/aromatic N) is 4. The Morgan fingerprint density at radius 2 is 1.77 bits per heavy atom. The fourth-order valence-corrected chi connectivity index (χ4v) is 4.52. The molecule has 4 rings (SSSR count). The van der Waals surface area contributed by atoms with Gasteiger partial charge >= 0.3 is 0 Å². The summed E-state index contributed by atoms with van der Waals surface area (Å²) in [5.41, 5.74) is 0.199. The lowest BCUT2D eigenvalue weighted by Gasteiger charge is -2.07. The number of pyridine rings is 1. The lowest BCUT2D eigenvalue weighted by molar-refractivity contribution is 0.0813. The summed E-state index contributed by atoms with van der Waals surface area (Å²) < 4.78 is 26.8. The second-order valence-corrected chi connectivity index (χ2v) is 8.74. The van der Waals surface area contributed by atoms with E-state index in [2.05, 4.69) is 15.0 Å². The Labute approximate surface area is 176 Å². The maximum absolute atomic E-state index is 12.9. The number of Topliss-reactive ketones (excluding diaryl/α,β-unsaturated/α-hetero) is 2. The molecule has 8 nitrogen and oxygen atoms in total. The highest BCUT2D eigenvalue weighted by molar-refractivity contribution is 7.98. The molecule has 0 unspecified atom stereocenters. The maximum Gasteiger partial charge on any atom is 0.269 e. The number of ketones is 2. The molecule has 150 valence electrons. The first kappa shape index (κ1) is 19.9. The first-order chi connectivity index (χ1) is 14.4. The third-order valence-corrected chi connectivity index (χ3v) is 6.55. The molecule has 0 aliphatic rings. The van der Waals surface area contributed by atoms with Gasteiger partial charge in [-0.1, -0.05) is 30.0 Å². The van der Waals surface area contributed by atoms with E-state index in [0.717, 1.165) is 3.97 Å². The molecule has 0 saturated carbocycles. The molecule has 0 aliphatic carbocycles. The van der Waals surface area contributed by atoms with Crippen molar-refractivity contribution in [3.8, 4) is 0 Å². The molecule has 0 fully saturated rings. The Morgan fingerprint density at radius 1 is 1.00 bits per heavy atom. The van der Waals surface area contributed by atoms with E-state index in [1.165, 1.54) is 60.7 Å². The lowest BCUT2D eigenvalue weighted by Crippen LogP contribution is -2.17. The highest BCUT2D eigenvalue weighted by Crippen LogP contribution is 2.22. The Morgan fingerprint density at radius 3 is 2.50 bits per heavy atom. The van der Waals surface area contributed by atoms with Gasteiger partial charge in [0.2, 0.25) is 5.78 Å². The van der Waals surface area contributed by atoms with Crippen LogP contribution in [0.4, 0.5) is 0 Å². The fourth-order valence-electron chi connectivity index (χ4n) is 2.84. The van der Waals surface area contributed by atoms with Crippen molar-refractivity contribution < 1.29 is 18.0 Å². The molecule has 0 spiro atoms. The summed E-state index contributed by atoms with van der Waals surface area (Å²) in [5, 5.41) is 0.797. The topological polar surface area (TPSA) is 112 Å². The number of aromatic nitrogens is 4. The van der Waals surface area contributed by atoms with Gasteiger partial charge < -0.3 is 0 Å². The zero-order chi connectivity index (χ0) is 21.3. The first-order valence-electron chi connectivity index (χ1n) is 8.65. The largest absolute Gasteiger partial charge is 0.285 e. The smallest absolute Gasteiger partial charge is 0.269 e. The van der Waals surface area contributed by atoms with Crippen LogP contribution in [0.25, 0.3) is 11.0 Å². The van der Waals surface area contributed by atoms with Gasteiger partial charge in [0.05, 0.1) is 4.90 Å². The molecule has 0 atom stereocenters. The van der Waals surface area contributed by atoms with E-state index >= 15 is 0 Å². The summed E-state index contributed by atoms with van der Waals surface area (Å²) in [6.07, 6.45) is 5.73. The molecule has 4 aromatic rings. The number of hydrogen-bond donors (Lipinski definition) is 0. The standard InChI is InChI=1S/C20H14N4O4S2/c1-29-20-21-9-7-16(23-20)18(26)17(25)14-11-13-8-10-24(19(13)22-12-14)30(27,28)15-5-3-2-4-6-15/h2-12H,1H3. The molecule has 10 heteroatoms. The van der Waals surface area contributed by atoms with Gasteiger partial charge in [0.1, 0.15) is 5.69 Å². The molecular weight excluding hydrogens is 424 g/mol. The van der Waals surface area contributed by atoms with E-state index in [4.69, 9.17) is 0 Å². The number of rotatable bonds is 6. The molecule has 0 saturated heterocycles. The van der Waals surface area contributed by atoms with Crippen molar-refractivity contribution in [2.24, 2.45) is 0 Å². The summed E-state index contributed by atoms with van der Waals surface area (Å²) in [4.78, 5) is 37.4. The van der Waals surface area contributed by atoms with Crippen molar-refractivity contribution in [1.29, 1.82) is 0 Å². The Bertz CT molecular complexity index is 1380. The zero-order valence-electron chi connectivity index (χ0n) is 15.6. The average molecular weight is 438 g/mol. The van der Waals surface area contributed by atoms with E-state index < -0.39 is 21.6 Å². The van der Waals surface area contributed by atoms with Crippen molar-refractivity contribution >= 4 is 44.4 Å². The molecule has 3 heterocycles. The lowest BCUT2D eigenvalue weighted by atomic mass is 10.1. The quantitative estimate of drug-likeness (QED) is 0.195. The number of carbonyl (C=O) groups excluding carboxylic acids is 2. The highest BCUT2D eigenvalue weighted by atomic mass is 32.2. The number of fused-ring (bicyclic) bond motifs is 1. The monoisotopic (exact) mass is 438 g/mol. The Balaban J connectivity index is 1.70. The minimum atomic E-state index is -3.84. The summed E-state index contributed by atoms with van der Waals surface area (Å²) >= 11 is 1.26. The van der Waals surface area contributed by atoms with Crippen LogP contribution in [-0.4, -0.2) is 45.2 Å². The average Bonchev–Trinajstić information content (AvgIpc) is 3.23. The predicted octanol–water partition coefficient (Wildman–Crippen LogP) is 2.85. The number of hydrogen-bond acceptors (Lipinski definition) is 8. The van der Waals surface area contributed by atoms with Crippen LogP contribution in [0.3, 0.4) is 0 Å². The zero-order valence-corrected chi connectivity index (χ0v) is 17.2. The van der Waals surface area contributed by atoms with Gasteiger partial charge in [-0.15, -0.1) is 0 Å². The summed E-state index contributed by atoms with van der Waals surface area (Å²) in [7, 11) is -3.84. The van der Waals surface area contributed by atoms with Crippen molar-refractivity contribution in [2.75, 3.05) is 6.26 Å². The van der Waals surface area contributed by atoms with Gasteiger partial charge in [-0.3, -0.25) is 9.59 Å². The van der Waals surface area contributed by atoms with E-state index in [0.29, 0.717) is 10.5 Å². The highest BCUT2D eigenvalue weighted by Gasteiger charge is 2.23. The van der Waals surface area contributed by atoms with Gasteiger partial charge in [-0.2, -0.15) is 0 Å². The summed E-state index contributed by atoms with van der Waals surface area (Å²) in [5.74, 6) is -1.57. The number of carbonyl (C=O) groups is 2. The van der Waals surface area contributed by atoms with Crippen LogP contribution in [0.15, 0.2) is 77.2 Å². The number of thioether (sulfide) groups is 1. The van der Waals surface area contributed by atoms with E-state index in [1.807, 2.05) is 0 Å². The SMILES string of the molecule is CSc1nccc(C(=O)C(=O)c2cnc3c(ccn3S(=O)(=O)c3ccccc3)c2)n1. The van der Waals surface area contributed by atoms with Crippen molar-refractivity contribution in [1.82, 2.24) is 18.9 Å².